The molecule has 6 nitrogen and oxygen atoms in total. The van der Waals surface area contributed by atoms with E-state index in [1.54, 1.807) is 12.1 Å². The van der Waals surface area contributed by atoms with Crippen LogP contribution in [0.1, 0.15) is 12.8 Å². The molecule has 0 saturated carbocycles. The van der Waals surface area contributed by atoms with E-state index in [-0.39, 0.29) is 19.0 Å². The third-order valence-corrected chi connectivity index (χ3v) is 3.84. The molecule has 128 valence electrons. The van der Waals surface area contributed by atoms with Gasteiger partial charge in [0.05, 0.1) is 0 Å². The maximum absolute atomic E-state index is 13.1. The summed E-state index contributed by atoms with van der Waals surface area (Å²) in [6.07, 6.45) is 3.15. The second-order valence-electron chi connectivity index (χ2n) is 5.76. The first-order valence-corrected chi connectivity index (χ1v) is 8.08. The Bertz CT molecular complexity index is 665. The van der Waals surface area contributed by atoms with Gasteiger partial charge >= 0.3 is 0 Å². The van der Waals surface area contributed by atoms with E-state index >= 15 is 0 Å². The molecule has 2 heterocycles. The van der Waals surface area contributed by atoms with Crippen LogP contribution >= 0.6 is 0 Å². The van der Waals surface area contributed by atoms with E-state index in [0.29, 0.717) is 11.6 Å². The molecule has 1 aromatic heterocycles. The number of benzene rings is 1. The molecule has 7 heteroatoms. The van der Waals surface area contributed by atoms with Gasteiger partial charge in [0.1, 0.15) is 42.2 Å². The highest BCUT2D eigenvalue weighted by Crippen LogP contribution is 2.19. The van der Waals surface area contributed by atoms with E-state index < -0.39 is 6.10 Å². The van der Waals surface area contributed by atoms with Gasteiger partial charge in [0.2, 0.25) is 0 Å². The molecule has 1 saturated heterocycles. The summed E-state index contributed by atoms with van der Waals surface area (Å²) in [6.45, 7) is 2.38. The zero-order chi connectivity index (χ0) is 16.8. The lowest BCUT2D eigenvalue weighted by Crippen LogP contribution is -2.27. The Kier molecular flexibility index (Phi) is 5.43. The molecule has 2 N–H and O–H groups in total. The first kappa shape index (κ1) is 16.4. The van der Waals surface area contributed by atoms with Crippen LogP contribution in [0.5, 0.6) is 5.75 Å². The van der Waals surface area contributed by atoms with Gasteiger partial charge in [0, 0.05) is 31.8 Å². The van der Waals surface area contributed by atoms with Crippen LogP contribution in [0.2, 0.25) is 0 Å². The second-order valence-corrected chi connectivity index (χ2v) is 5.76. The number of ether oxygens (including phenoxy) is 1. The van der Waals surface area contributed by atoms with Crippen molar-refractivity contribution in [3.8, 4) is 5.75 Å². The van der Waals surface area contributed by atoms with Gasteiger partial charge in [0.25, 0.3) is 0 Å². The van der Waals surface area contributed by atoms with Gasteiger partial charge in [-0.1, -0.05) is 6.07 Å². The van der Waals surface area contributed by atoms with Gasteiger partial charge in [-0.2, -0.15) is 0 Å². The molecule has 0 amide bonds. The van der Waals surface area contributed by atoms with Crippen LogP contribution in [0.4, 0.5) is 16.0 Å². The van der Waals surface area contributed by atoms with Gasteiger partial charge in [0.15, 0.2) is 0 Å². The number of halogens is 1. The summed E-state index contributed by atoms with van der Waals surface area (Å²) in [4.78, 5) is 10.7. The van der Waals surface area contributed by atoms with E-state index in [4.69, 9.17) is 4.74 Å². The van der Waals surface area contributed by atoms with Crippen LogP contribution < -0.4 is 15.0 Å². The van der Waals surface area contributed by atoms with Crippen molar-refractivity contribution in [2.24, 2.45) is 0 Å². The summed E-state index contributed by atoms with van der Waals surface area (Å²) in [6, 6.07) is 7.72. The van der Waals surface area contributed by atoms with E-state index in [9.17, 15) is 9.50 Å². The largest absolute Gasteiger partial charge is 0.491 e. The molecule has 0 bridgehead atoms. The van der Waals surface area contributed by atoms with Crippen LogP contribution in [-0.4, -0.2) is 47.4 Å². The zero-order valence-corrected chi connectivity index (χ0v) is 13.4. The summed E-state index contributed by atoms with van der Waals surface area (Å²) in [5.41, 5.74) is 0. The topological polar surface area (TPSA) is 70.5 Å². The summed E-state index contributed by atoms with van der Waals surface area (Å²) < 4.78 is 18.4. The Balaban J connectivity index is 1.47. The molecule has 3 rings (SSSR count). The number of nitrogens with one attached hydrogen (secondary N) is 1. The fourth-order valence-electron chi connectivity index (χ4n) is 2.59. The van der Waals surface area contributed by atoms with Gasteiger partial charge in [-0.25, -0.2) is 14.4 Å². The SMILES string of the molecule is OC(CNc1cc(N2CCCC2)ncn1)COc1cccc(F)c1. The Hall–Kier alpha value is -2.41. The third-order valence-electron chi connectivity index (χ3n) is 3.84. The highest BCUT2D eigenvalue weighted by atomic mass is 19.1. The number of anilines is 2. The molecule has 1 unspecified atom stereocenters. The van der Waals surface area contributed by atoms with Crippen LogP contribution in [-0.2, 0) is 0 Å². The van der Waals surface area contributed by atoms with Crippen LogP contribution in [0, 0.1) is 5.82 Å². The summed E-state index contributed by atoms with van der Waals surface area (Å²) in [5.74, 6) is 1.59. The molecule has 0 radical (unpaired) electrons. The third kappa shape index (κ3) is 4.55. The Morgan fingerprint density at radius 2 is 2.08 bits per heavy atom. The fourth-order valence-corrected chi connectivity index (χ4v) is 2.59. The minimum Gasteiger partial charge on any atom is -0.491 e. The Morgan fingerprint density at radius 3 is 2.88 bits per heavy atom. The minimum absolute atomic E-state index is 0.0700. The predicted molar refractivity (Wildman–Crippen MR) is 89.9 cm³/mol. The molecular weight excluding hydrogens is 311 g/mol. The zero-order valence-electron chi connectivity index (χ0n) is 13.4. The standard InChI is InChI=1S/C17H21FN4O2/c18-13-4-3-5-15(8-13)24-11-14(23)10-19-16-9-17(21-12-20-16)22-6-1-2-7-22/h3-5,8-9,12,14,23H,1-2,6-7,10-11H2,(H,19,20,21). The lowest BCUT2D eigenvalue weighted by atomic mass is 10.3. The van der Waals surface area contributed by atoms with Crippen molar-refractivity contribution in [2.45, 2.75) is 18.9 Å². The monoisotopic (exact) mass is 332 g/mol. The predicted octanol–water partition coefficient (Wildman–Crippen LogP) is 2.07. The van der Waals surface area contributed by atoms with Crippen molar-refractivity contribution in [3.05, 3.63) is 42.5 Å². The Morgan fingerprint density at radius 1 is 1.25 bits per heavy atom. The summed E-state index contributed by atoms with van der Waals surface area (Å²) >= 11 is 0. The summed E-state index contributed by atoms with van der Waals surface area (Å²) in [5, 5.41) is 13.1. The number of rotatable bonds is 7. The summed E-state index contributed by atoms with van der Waals surface area (Å²) in [7, 11) is 0. The molecule has 1 atom stereocenters. The number of aliphatic hydroxyl groups is 1. The lowest BCUT2D eigenvalue weighted by molar-refractivity contribution is 0.117. The van der Waals surface area contributed by atoms with Gasteiger partial charge in [-0.15, -0.1) is 0 Å². The van der Waals surface area contributed by atoms with Crippen molar-refractivity contribution in [1.29, 1.82) is 0 Å². The highest BCUT2D eigenvalue weighted by Gasteiger charge is 2.14. The first-order valence-electron chi connectivity index (χ1n) is 8.08. The smallest absolute Gasteiger partial charge is 0.134 e. The minimum atomic E-state index is -0.738. The molecule has 1 fully saturated rings. The molecule has 24 heavy (non-hydrogen) atoms. The van der Waals surface area contributed by atoms with Crippen molar-refractivity contribution < 1.29 is 14.2 Å². The highest BCUT2D eigenvalue weighted by molar-refractivity contribution is 5.48. The van der Waals surface area contributed by atoms with E-state index in [2.05, 4.69) is 20.2 Å². The van der Waals surface area contributed by atoms with Crippen LogP contribution in [0.25, 0.3) is 0 Å². The molecule has 0 aliphatic carbocycles. The van der Waals surface area contributed by atoms with Crippen molar-refractivity contribution in [1.82, 2.24) is 9.97 Å². The van der Waals surface area contributed by atoms with Crippen LogP contribution in [0.15, 0.2) is 36.7 Å². The average Bonchev–Trinajstić information content (AvgIpc) is 3.13. The maximum atomic E-state index is 13.1. The number of aliphatic hydroxyl groups excluding tert-OH is 1. The Labute approximate surface area is 140 Å². The first-order chi connectivity index (χ1) is 11.7. The van der Waals surface area contributed by atoms with Gasteiger partial charge < -0.3 is 20.1 Å². The van der Waals surface area contributed by atoms with E-state index in [1.165, 1.54) is 31.3 Å². The number of hydrogen-bond donors (Lipinski definition) is 2. The fraction of sp³-hybridized carbons (Fsp3) is 0.412. The van der Waals surface area contributed by atoms with E-state index in [1.807, 2.05) is 6.07 Å². The quantitative estimate of drug-likeness (QED) is 0.809. The molecule has 1 aliphatic heterocycles. The molecule has 1 aromatic carbocycles. The van der Waals surface area contributed by atoms with Gasteiger partial charge in [-0.05, 0) is 25.0 Å². The number of nitrogens with zero attached hydrogens (tertiary/aromatic N) is 3. The normalized spacial score (nSPS) is 15.3. The molecule has 1 aliphatic rings. The molecular formula is C17H21FN4O2. The van der Waals surface area contributed by atoms with Gasteiger partial charge in [-0.3, -0.25) is 0 Å². The van der Waals surface area contributed by atoms with E-state index in [0.717, 1.165) is 18.9 Å². The number of hydrogen-bond acceptors (Lipinski definition) is 6. The van der Waals surface area contributed by atoms with Crippen molar-refractivity contribution >= 4 is 11.6 Å². The average molecular weight is 332 g/mol. The maximum Gasteiger partial charge on any atom is 0.134 e. The number of aromatic nitrogens is 2. The molecule has 2 aromatic rings. The lowest BCUT2D eigenvalue weighted by Gasteiger charge is -2.17. The van der Waals surface area contributed by atoms with Crippen molar-refractivity contribution in [2.75, 3.05) is 36.5 Å². The second kappa shape index (κ2) is 7.92. The van der Waals surface area contributed by atoms with Crippen LogP contribution in [0.3, 0.4) is 0 Å². The van der Waals surface area contributed by atoms with Crippen molar-refractivity contribution in [3.63, 3.8) is 0 Å². The molecule has 0 spiro atoms.